The Morgan fingerprint density at radius 2 is 1.94 bits per heavy atom. The highest BCUT2D eigenvalue weighted by Crippen LogP contribution is 2.15. The molecular formula is C11H13NO4S. The van der Waals surface area contributed by atoms with Crippen molar-refractivity contribution in [1.82, 2.24) is 4.90 Å². The number of benzene rings is 1. The standard InChI is InChI=1S/C11H13NO4S/c13-11(12-5-7-16-8-6-12)9-3-1-2-4-10(9)17(14)15/h1-4H,5-8H2,(H,14,15). The number of hydrogen-bond acceptors (Lipinski definition) is 3. The maximum atomic E-state index is 12.1. The fraction of sp³-hybridized carbons (Fsp3) is 0.364. The van der Waals surface area contributed by atoms with E-state index in [4.69, 9.17) is 9.29 Å². The fourth-order valence-corrected chi connectivity index (χ4v) is 2.27. The van der Waals surface area contributed by atoms with Crippen molar-refractivity contribution >= 4 is 17.0 Å². The Labute approximate surface area is 102 Å². The highest BCUT2D eigenvalue weighted by Gasteiger charge is 2.22. The summed E-state index contributed by atoms with van der Waals surface area (Å²) in [6, 6.07) is 6.38. The largest absolute Gasteiger partial charge is 0.378 e. The number of rotatable bonds is 2. The van der Waals surface area contributed by atoms with E-state index in [-0.39, 0.29) is 16.4 Å². The summed E-state index contributed by atoms with van der Waals surface area (Å²) in [5, 5.41) is 0. The molecule has 0 aliphatic carbocycles. The monoisotopic (exact) mass is 255 g/mol. The van der Waals surface area contributed by atoms with Crippen LogP contribution in [-0.4, -0.2) is 45.9 Å². The van der Waals surface area contributed by atoms with Gasteiger partial charge in [-0.2, -0.15) is 0 Å². The van der Waals surface area contributed by atoms with E-state index in [0.717, 1.165) is 0 Å². The minimum atomic E-state index is -2.14. The Bertz CT molecular complexity index is 443. The van der Waals surface area contributed by atoms with E-state index in [0.29, 0.717) is 26.3 Å². The minimum Gasteiger partial charge on any atom is -0.378 e. The zero-order valence-corrected chi connectivity index (χ0v) is 9.98. The third-order valence-corrected chi connectivity index (χ3v) is 3.34. The summed E-state index contributed by atoms with van der Waals surface area (Å²) in [4.78, 5) is 13.9. The van der Waals surface area contributed by atoms with Gasteiger partial charge in [0.2, 0.25) is 0 Å². The van der Waals surface area contributed by atoms with Gasteiger partial charge >= 0.3 is 0 Å². The van der Waals surface area contributed by atoms with Crippen LogP contribution in [0.3, 0.4) is 0 Å². The normalized spacial score (nSPS) is 17.8. The van der Waals surface area contributed by atoms with Crippen LogP contribution in [0.5, 0.6) is 0 Å². The second-order valence-electron chi connectivity index (χ2n) is 3.65. The summed E-state index contributed by atoms with van der Waals surface area (Å²) in [7, 11) is 0. The zero-order valence-electron chi connectivity index (χ0n) is 9.17. The molecule has 1 N–H and O–H groups in total. The first-order chi connectivity index (χ1) is 8.20. The molecule has 1 heterocycles. The van der Waals surface area contributed by atoms with E-state index in [9.17, 15) is 9.00 Å². The van der Waals surface area contributed by atoms with Gasteiger partial charge in [-0.3, -0.25) is 4.79 Å². The molecule has 1 aliphatic rings. The summed E-state index contributed by atoms with van der Waals surface area (Å²) in [6.07, 6.45) is 0. The van der Waals surface area contributed by atoms with Gasteiger partial charge in [0, 0.05) is 13.1 Å². The van der Waals surface area contributed by atoms with E-state index in [2.05, 4.69) is 0 Å². The lowest BCUT2D eigenvalue weighted by Gasteiger charge is -2.27. The Morgan fingerprint density at radius 3 is 2.59 bits per heavy atom. The van der Waals surface area contributed by atoms with Crippen LogP contribution in [0.25, 0.3) is 0 Å². The van der Waals surface area contributed by atoms with Crippen LogP contribution in [0, 0.1) is 0 Å². The van der Waals surface area contributed by atoms with Crippen LogP contribution in [0.2, 0.25) is 0 Å². The third-order valence-electron chi connectivity index (χ3n) is 2.60. The van der Waals surface area contributed by atoms with E-state index in [1.54, 1.807) is 23.1 Å². The Hall–Kier alpha value is -1.24. The average molecular weight is 255 g/mol. The summed E-state index contributed by atoms with van der Waals surface area (Å²) < 4.78 is 25.4. The zero-order chi connectivity index (χ0) is 12.3. The first-order valence-corrected chi connectivity index (χ1v) is 6.37. The van der Waals surface area contributed by atoms with Gasteiger partial charge in [0.25, 0.3) is 5.91 Å². The van der Waals surface area contributed by atoms with E-state index < -0.39 is 11.1 Å². The van der Waals surface area contributed by atoms with Crippen LogP contribution in [0.15, 0.2) is 29.2 Å². The SMILES string of the molecule is O=C(c1ccccc1S(=O)O)N1CCOCC1. The predicted molar refractivity (Wildman–Crippen MR) is 62.2 cm³/mol. The molecule has 92 valence electrons. The van der Waals surface area contributed by atoms with Crippen molar-refractivity contribution in [2.75, 3.05) is 26.3 Å². The molecule has 0 spiro atoms. The van der Waals surface area contributed by atoms with E-state index in [1.165, 1.54) is 6.07 Å². The van der Waals surface area contributed by atoms with Gasteiger partial charge in [0.15, 0.2) is 11.1 Å². The van der Waals surface area contributed by atoms with Gasteiger partial charge in [0.1, 0.15) is 0 Å². The number of amides is 1. The number of carbonyl (C=O) groups is 1. The lowest BCUT2D eigenvalue weighted by Crippen LogP contribution is -2.41. The second kappa shape index (κ2) is 5.39. The van der Waals surface area contributed by atoms with Gasteiger partial charge in [-0.25, -0.2) is 4.21 Å². The highest BCUT2D eigenvalue weighted by molar-refractivity contribution is 7.79. The van der Waals surface area contributed by atoms with E-state index >= 15 is 0 Å². The summed E-state index contributed by atoms with van der Waals surface area (Å²) in [5.74, 6) is -0.216. The van der Waals surface area contributed by atoms with Crippen molar-refractivity contribution in [2.45, 2.75) is 4.90 Å². The molecule has 1 atom stereocenters. The molecule has 0 radical (unpaired) electrons. The van der Waals surface area contributed by atoms with Crippen LogP contribution in [0.1, 0.15) is 10.4 Å². The van der Waals surface area contributed by atoms with Gasteiger partial charge in [-0.1, -0.05) is 12.1 Å². The molecule has 1 aromatic carbocycles. The molecule has 1 amide bonds. The predicted octanol–water partition coefficient (Wildman–Crippen LogP) is 0.740. The van der Waals surface area contributed by atoms with Crippen molar-refractivity contribution in [3.8, 4) is 0 Å². The van der Waals surface area contributed by atoms with Crippen molar-refractivity contribution in [3.05, 3.63) is 29.8 Å². The first kappa shape index (κ1) is 12.2. The number of carbonyl (C=O) groups excluding carboxylic acids is 1. The highest BCUT2D eigenvalue weighted by atomic mass is 32.2. The van der Waals surface area contributed by atoms with E-state index in [1.807, 2.05) is 0 Å². The molecular weight excluding hydrogens is 242 g/mol. The minimum absolute atomic E-state index is 0.156. The first-order valence-electron chi connectivity index (χ1n) is 5.27. The smallest absolute Gasteiger partial charge is 0.255 e. The Morgan fingerprint density at radius 1 is 1.29 bits per heavy atom. The van der Waals surface area contributed by atoms with Crippen molar-refractivity contribution in [3.63, 3.8) is 0 Å². The van der Waals surface area contributed by atoms with Gasteiger partial charge in [0.05, 0.1) is 23.7 Å². The van der Waals surface area contributed by atoms with Gasteiger partial charge in [-0.05, 0) is 12.1 Å². The number of hydrogen-bond donors (Lipinski definition) is 1. The molecule has 1 fully saturated rings. The Balaban J connectivity index is 2.26. The summed E-state index contributed by atoms with van der Waals surface area (Å²) in [6.45, 7) is 2.06. The molecule has 1 unspecified atom stereocenters. The Kier molecular flexibility index (Phi) is 3.88. The summed E-state index contributed by atoms with van der Waals surface area (Å²) >= 11 is -2.14. The molecule has 17 heavy (non-hydrogen) atoms. The lowest BCUT2D eigenvalue weighted by molar-refractivity contribution is 0.0300. The number of morpholine rings is 1. The third kappa shape index (κ3) is 2.71. The maximum Gasteiger partial charge on any atom is 0.255 e. The van der Waals surface area contributed by atoms with Gasteiger partial charge < -0.3 is 14.2 Å². The molecule has 6 heteroatoms. The van der Waals surface area contributed by atoms with Gasteiger partial charge in [-0.15, -0.1) is 0 Å². The van der Waals surface area contributed by atoms with Crippen LogP contribution in [0.4, 0.5) is 0 Å². The fourth-order valence-electron chi connectivity index (χ4n) is 1.73. The molecule has 0 bridgehead atoms. The summed E-state index contributed by atoms with van der Waals surface area (Å²) in [5.41, 5.74) is 0.287. The molecule has 2 rings (SSSR count). The molecule has 5 nitrogen and oxygen atoms in total. The number of nitrogens with zero attached hydrogens (tertiary/aromatic N) is 1. The molecule has 1 aromatic rings. The molecule has 1 aliphatic heterocycles. The van der Waals surface area contributed by atoms with Crippen LogP contribution in [-0.2, 0) is 15.8 Å². The number of ether oxygens (including phenoxy) is 1. The quantitative estimate of drug-likeness (QED) is 0.791. The second-order valence-corrected chi connectivity index (χ2v) is 4.59. The maximum absolute atomic E-state index is 12.1. The molecule has 0 aromatic heterocycles. The average Bonchev–Trinajstić information content (AvgIpc) is 2.39. The van der Waals surface area contributed by atoms with Crippen molar-refractivity contribution in [1.29, 1.82) is 0 Å². The molecule has 1 saturated heterocycles. The van der Waals surface area contributed by atoms with Crippen molar-refractivity contribution < 1.29 is 18.3 Å². The van der Waals surface area contributed by atoms with Crippen molar-refractivity contribution in [2.24, 2.45) is 0 Å². The molecule has 0 saturated carbocycles. The lowest BCUT2D eigenvalue weighted by atomic mass is 10.2. The van der Waals surface area contributed by atoms with Crippen LogP contribution < -0.4 is 0 Å². The van der Waals surface area contributed by atoms with Crippen LogP contribution >= 0.6 is 0 Å². The topological polar surface area (TPSA) is 66.8 Å².